The maximum atomic E-state index is 12.0. The lowest BCUT2D eigenvalue weighted by Gasteiger charge is -2.13. The van der Waals surface area contributed by atoms with E-state index in [2.05, 4.69) is 15.6 Å². The van der Waals surface area contributed by atoms with E-state index < -0.39 is 0 Å². The summed E-state index contributed by atoms with van der Waals surface area (Å²) in [7, 11) is 0. The molecule has 0 fully saturated rings. The van der Waals surface area contributed by atoms with Crippen molar-refractivity contribution in [3.05, 3.63) is 53.3 Å². The average Bonchev–Trinajstić information content (AvgIpc) is 2.55. The topological polar surface area (TPSA) is 63.2 Å². The number of ether oxygens (including phenoxy) is 1. The van der Waals surface area contributed by atoms with Crippen LogP contribution < -0.4 is 15.4 Å². The van der Waals surface area contributed by atoms with Crippen molar-refractivity contribution in [2.24, 2.45) is 0 Å². The number of aromatic nitrogens is 1. The highest BCUT2D eigenvalue weighted by Crippen LogP contribution is 2.28. The van der Waals surface area contributed by atoms with Gasteiger partial charge < -0.3 is 15.4 Å². The molecular weight excluding hydrogens is 314 g/mol. The third-order valence-electron chi connectivity index (χ3n) is 3.07. The molecule has 0 aliphatic rings. The number of carbonyl (C=O) groups excluding carboxylic acids is 1. The van der Waals surface area contributed by atoms with Gasteiger partial charge in [-0.3, -0.25) is 4.98 Å². The molecule has 2 amide bonds. The summed E-state index contributed by atoms with van der Waals surface area (Å²) >= 11 is 5.98. The Balaban J connectivity index is 1.88. The molecule has 122 valence electrons. The molecule has 0 radical (unpaired) electrons. The van der Waals surface area contributed by atoms with Crippen LogP contribution in [0.4, 0.5) is 10.5 Å². The summed E-state index contributed by atoms with van der Waals surface area (Å²) in [5, 5.41) is 6.12. The second-order valence-electron chi connectivity index (χ2n) is 4.98. The Morgan fingerprint density at radius 1 is 1.35 bits per heavy atom. The number of hydrogen-bond donors (Lipinski definition) is 2. The first-order valence-corrected chi connectivity index (χ1v) is 7.93. The Kier molecular flexibility index (Phi) is 6.69. The molecule has 1 heterocycles. The zero-order valence-corrected chi connectivity index (χ0v) is 13.8. The van der Waals surface area contributed by atoms with E-state index in [9.17, 15) is 4.79 Å². The molecule has 6 heteroatoms. The van der Waals surface area contributed by atoms with E-state index >= 15 is 0 Å². The Bertz CT molecular complexity index is 635. The van der Waals surface area contributed by atoms with Crippen LogP contribution in [0.15, 0.2) is 42.7 Å². The van der Waals surface area contributed by atoms with Gasteiger partial charge in [-0.25, -0.2) is 4.79 Å². The van der Waals surface area contributed by atoms with Crippen LogP contribution in [-0.4, -0.2) is 24.2 Å². The van der Waals surface area contributed by atoms with Gasteiger partial charge in [-0.15, -0.1) is 0 Å². The van der Waals surface area contributed by atoms with Crippen LogP contribution in [0.3, 0.4) is 0 Å². The van der Waals surface area contributed by atoms with Crippen molar-refractivity contribution in [1.82, 2.24) is 10.3 Å². The maximum Gasteiger partial charge on any atom is 0.319 e. The number of carbonyl (C=O) groups is 1. The molecule has 1 aromatic carbocycles. The summed E-state index contributed by atoms with van der Waals surface area (Å²) in [5.41, 5.74) is 1.63. The van der Waals surface area contributed by atoms with Gasteiger partial charge in [0, 0.05) is 24.0 Å². The predicted molar refractivity (Wildman–Crippen MR) is 92.2 cm³/mol. The lowest BCUT2D eigenvalue weighted by Crippen LogP contribution is -2.30. The number of urea groups is 1. The van der Waals surface area contributed by atoms with Crippen molar-refractivity contribution in [1.29, 1.82) is 0 Å². The Morgan fingerprint density at radius 2 is 2.22 bits per heavy atom. The fourth-order valence-electron chi connectivity index (χ4n) is 1.97. The molecule has 0 aliphatic carbocycles. The summed E-state index contributed by atoms with van der Waals surface area (Å²) in [5.74, 6) is 0.610. The maximum absolute atomic E-state index is 12.0. The average molecular weight is 334 g/mol. The minimum Gasteiger partial charge on any atom is -0.491 e. The van der Waals surface area contributed by atoms with Crippen molar-refractivity contribution >= 4 is 23.3 Å². The van der Waals surface area contributed by atoms with Gasteiger partial charge in [0.15, 0.2) is 0 Å². The summed E-state index contributed by atoms with van der Waals surface area (Å²) in [6.07, 6.45) is 5.11. The quantitative estimate of drug-likeness (QED) is 0.808. The molecule has 0 saturated carbocycles. The smallest absolute Gasteiger partial charge is 0.319 e. The first-order chi connectivity index (χ1) is 11.2. The van der Waals surface area contributed by atoms with Crippen molar-refractivity contribution in [3.8, 4) is 5.75 Å². The van der Waals surface area contributed by atoms with E-state index in [-0.39, 0.29) is 6.03 Å². The largest absolute Gasteiger partial charge is 0.491 e. The van der Waals surface area contributed by atoms with E-state index in [0.29, 0.717) is 29.6 Å². The fraction of sp³-hybridized carbons (Fsp3) is 0.294. The van der Waals surface area contributed by atoms with Crippen LogP contribution in [0, 0.1) is 0 Å². The molecule has 5 nitrogen and oxygen atoms in total. The fourth-order valence-corrected chi connectivity index (χ4v) is 2.14. The minimum atomic E-state index is -0.294. The number of amides is 2. The molecule has 0 atom stereocenters. The van der Waals surface area contributed by atoms with Crippen LogP contribution in [-0.2, 0) is 6.42 Å². The molecule has 23 heavy (non-hydrogen) atoms. The molecule has 2 aromatic rings. The van der Waals surface area contributed by atoms with Crippen LogP contribution in [0.1, 0.15) is 18.9 Å². The second kappa shape index (κ2) is 9.00. The SMILES string of the molecule is CCCOc1ccc(Cl)cc1NC(=O)NCCc1cccnc1. The van der Waals surface area contributed by atoms with Crippen molar-refractivity contribution in [2.75, 3.05) is 18.5 Å². The Hall–Kier alpha value is -2.27. The van der Waals surface area contributed by atoms with Gasteiger partial charge in [0.2, 0.25) is 0 Å². The third-order valence-corrected chi connectivity index (χ3v) is 3.31. The number of anilines is 1. The summed E-state index contributed by atoms with van der Waals surface area (Å²) in [6.45, 7) is 3.12. The van der Waals surface area contributed by atoms with E-state index in [1.54, 1.807) is 30.6 Å². The van der Waals surface area contributed by atoms with Crippen LogP contribution in [0.5, 0.6) is 5.75 Å². The third kappa shape index (κ3) is 5.79. The first-order valence-electron chi connectivity index (χ1n) is 7.55. The molecule has 0 saturated heterocycles. The molecule has 2 rings (SSSR count). The molecule has 1 aromatic heterocycles. The summed E-state index contributed by atoms with van der Waals surface area (Å²) in [6, 6.07) is 8.71. The molecule has 0 bridgehead atoms. The number of benzene rings is 1. The van der Waals surface area contributed by atoms with E-state index in [0.717, 1.165) is 18.4 Å². The highest BCUT2D eigenvalue weighted by Gasteiger charge is 2.08. The number of rotatable bonds is 7. The molecule has 0 aliphatic heterocycles. The van der Waals surface area contributed by atoms with Gasteiger partial charge in [0.1, 0.15) is 5.75 Å². The normalized spacial score (nSPS) is 10.2. The van der Waals surface area contributed by atoms with Gasteiger partial charge in [-0.2, -0.15) is 0 Å². The second-order valence-corrected chi connectivity index (χ2v) is 5.42. The highest BCUT2D eigenvalue weighted by atomic mass is 35.5. The number of halogens is 1. The Labute approximate surface area is 141 Å². The molecule has 2 N–H and O–H groups in total. The van der Waals surface area contributed by atoms with E-state index in [1.807, 2.05) is 19.1 Å². The number of hydrogen-bond acceptors (Lipinski definition) is 3. The predicted octanol–water partition coefficient (Wildman–Crippen LogP) is 3.89. The lowest BCUT2D eigenvalue weighted by molar-refractivity contribution is 0.252. The Morgan fingerprint density at radius 3 is 2.96 bits per heavy atom. The van der Waals surface area contributed by atoms with E-state index in [4.69, 9.17) is 16.3 Å². The molecule has 0 unspecified atom stereocenters. The van der Waals surface area contributed by atoms with Crippen LogP contribution in [0.25, 0.3) is 0 Å². The van der Waals surface area contributed by atoms with Crippen LogP contribution in [0.2, 0.25) is 5.02 Å². The van der Waals surface area contributed by atoms with Crippen molar-refractivity contribution in [2.45, 2.75) is 19.8 Å². The number of pyridine rings is 1. The minimum absolute atomic E-state index is 0.294. The van der Waals surface area contributed by atoms with Crippen LogP contribution >= 0.6 is 11.6 Å². The van der Waals surface area contributed by atoms with Crippen molar-refractivity contribution in [3.63, 3.8) is 0 Å². The van der Waals surface area contributed by atoms with Gasteiger partial charge in [-0.05, 0) is 42.7 Å². The number of nitrogens with zero attached hydrogens (tertiary/aromatic N) is 1. The van der Waals surface area contributed by atoms with E-state index in [1.165, 1.54) is 0 Å². The molecule has 0 spiro atoms. The van der Waals surface area contributed by atoms with Gasteiger partial charge in [-0.1, -0.05) is 24.6 Å². The first kappa shape index (κ1) is 17.1. The van der Waals surface area contributed by atoms with Crippen molar-refractivity contribution < 1.29 is 9.53 Å². The summed E-state index contributed by atoms with van der Waals surface area (Å²) in [4.78, 5) is 16.0. The number of nitrogens with one attached hydrogen (secondary N) is 2. The molecular formula is C17H20ClN3O2. The highest BCUT2D eigenvalue weighted by molar-refractivity contribution is 6.31. The zero-order valence-electron chi connectivity index (χ0n) is 13.0. The summed E-state index contributed by atoms with van der Waals surface area (Å²) < 4.78 is 5.61. The van der Waals surface area contributed by atoms with Gasteiger partial charge in [0.05, 0.1) is 12.3 Å². The van der Waals surface area contributed by atoms with Gasteiger partial charge >= 0.3 is 6.03 Å². The van der Waals surface area contributed by atoms with Gasteiger partial charge in [0.25, 0.3) is 0 Å². The standard InChI is InChI=1S/C17H20ClN3O2/c1-2-10-23-16-6-5-14(18)11-15(16)21-17(22)20-9-7-13-4-3-8-19-12-13/h3-6,8,11-12H,2,7,9-10H2,1H3,(H2,20,21,22). The monoisotopic (exact) mass is 333 g/mol. The lowest BCUT2D eigenvalue weighted by atomic mass is 10.2. The zero-order chi connectivity index (χ0) is 16.5.